The number of aromatic nitrogens is 4. The van der Waals surface area contributed by atoms with Crippen molar-refractivity contribution in [2.75, 3.05) is 45.7 Å². The average molecular weight is 547 g/mol. The number of amides is 2. The van der Waals surface area contributed by atoms with E-state index in [2.05, 4.69) is 31.7 Å². The summed E-state index contributed by atoms with van der Waals surface area (Å²) in [7, 11) is 3.53. The minimum Gasteiger partial charge on any atom is -0.395 e. The maximum atomic E-state index is 13.3. The molecule has 3 aromatic heterocycles. The van der Waals surface area contributed by atoms with E-state index in [0.717, 1.165) is 43.1 Å². The quantitative estimate of drug-likeness (QED) is 0.464. The first-order chi connectivity index (χ1) is 19.3. The smallest absolute Gasteiger partial charge is 0.270 e. The van der Waals surface area contributed by atoms with Gasteiger partial charge in [0.1, 0.15) is 17.2 Å². The van der Waals surface area contributed by atoms with Gasteiger partial charge in [0, 0.05) is 69.6 Å². The van der Waals surface area contributed by atoms with Gasteiger partial charge in [-0.15, -0.1) is 0 Å². The summed E-state index contributed by atoms with van der Waals surface area (Å²) in [6, 6.07) is 6.27. The average Bonchev–Trinajstić information content (AvgIpc) is 3.64. The van der Waals surface area contributed by atoms with E-state index in [1.807, 2.05) is 11.0 Å². The van der Waals surface area contributed by atoms with Crippen molar-refractivity contribution in [2.24, 2.45) is 5.92 Å². The van der Waals surface area contributed by atoms with E-state index in [0.29, 0.717) is 54.6 Å². The molecule has 2 amide bonds. The number of carbonyl (C=O) groups is 2. The topological polar surface area (TPSA) is 120 Å². The first-order valence-electron chi connectivity index (χ1n) is 14.3. The van der Waals surface area contributed by atoms with Gasteiger partial charge in [-0.05, 0) is 43.4 Å². The molecule has 6 rings (SSSR count). The fourth-order valence-corrected chi connectivity index (χ4v) is 6.85. The molecule has 1 saturated carbocycles. The van der Waals surface area contributed by atoms with Crippen molar-refractivity contribution in [2.45, 2.75) is 57.2 Å². The number of likely N-dealkylation sites (tertiary alicyclic amines) is 1. The lowest BCUT2D eigenvalue weighted by Crippen LogP contribution is -2.56. The Balaban J connectivity index is 1.19. The van der Waals surface area contributed by atoms with Crippen molar-refractivity contribution in [3.63, 3.8) is 0 Å². The van der Waals surface area contributed by atoms with Gasteiger partial charge in [-0.25, -0.2) is 9.97 Å². The van der Waals surface area contributed by atoms with Crippen LogP contribution < -0.4 is 5.32 Å². The standard InChI is InChI=1S/C29H38N8O3/c1-18-12-22-16-35(17-24(18)36(22)10-11-38)27(39)19-8-9-25(30-14-19)32-29-31-15-20-13-23(28(40)34(2)3)37(26(20)33-29)21-6-4-5-7-21/h8-9,13-15,18,21-22,24,38H,4-7,10-12,16-17H2,1-3H3,(H,30,31,32,33). The fourth-order valence-electron chi connectivity index (χ4n) is 6.85. The number of nitrogens with zero attached hydrogens (tertiary/aromatic N) is 7. The molecule has 212 valence electrons. The largest absolute Gasteiger partial charge is 0.395 e. The third kappa shape index (κ3) is 4.81. The highest BCUT2D eigenvalue weighted by atomic mass is 16.3. The molecular weight excluding hydrogens is 508 g/mol. The molecule has 40 heavy (non-hydrogen) atoms. The Morgan fingerprint density at radius 2 is 1.90 bits per heavy atom. The van der Waals surface area contributed by atoms with Crippen molar-refractivity contribution >= 4 is 34.6 Å². The molecule has 3 fully saturated rings. The predicted octanol–water partition coefficient (Wildman–Crippen LogP) is 2.91. The molecule has 11 heteroatoms. The summed E-state index contributed by atoms with van der Waals surface area (Å²) in [4.78, 5) is 45.9. The molecule has 0 aromatic carbocycles. The summed E-state index contributed by atoms with van der Waals surface area (Å²) >= 11 is 0. The lowest BCUT2D eigenvalue weighted by Gasteiger charge is -2.41. The number of aliphatic hydroxyl groups excluding tert-OH is 1. The van der Waals surface area contributed by atoms with Crippen LogP contribution in [0.5, 0.6) is 0 Å². The minimum absolute atomic E-state index is 0.0167. The Bertz CT molecular complexity index is 1400. The van der Waals surface area contributed by atoms with Crippen molar-refractivity contribution in [1.82, 2.24) is 34.2 Å². The maximum absolute atomic E-state index is 13.3. The van der Waals surface area contributed by atoms with Crippen LogP contribution in [0.3, 0.4) is 0 Å². The summed E-state index contributed by atoms with van der Waals surface area (Å²) in [5.41, 5.74) is 1.93. The Morgan fingerprint density at radius 1 is 1.10 bits per heavy atom. The molecule has 3 unspecified atom stereocenters. The number of pyridine rings is 1. The highest BCUT2D eigenvalue weighted by Gasteiger charge is 2.45. The van der Waals surface area contributed by atoms with Gasteiger partial charge in [0.15, 0.2) is 0 Å². The molecule has 0 spiro atoms. The van der Waals surface area contributed by atoms with Crippen LogP contribution in [0.25, 0.3) is 11.0 Å². The second-order valence-corrected chi connectivity index (χ2v) is 11.7. The maximum Gasteiger partial charge on any atom is 0.270 e. The minimum atomic E-state index is -0.0430. The van der Waals surface area contributed by atoms with E-state index in [9.17, 15) is 14.7 Å². The highest BCUT2D eigenvalue weighted by Crippen LogP contribution is 2.36. The van der Waals surface area contributed by atoms with E-state index >= 15 is 0 Å². The van der Waals surface area contributed by atoms with Gasteiger partial charge in [-0.3, -0.25) is 14.5 Å². The van der Waals surface area contributed by atoms with E-state index in [1.54, 1.807) is 43.5 Å². The Kier molecular flexibility index (Phi) is 7.18. The van der Waals surface area contributed by atoms with Gasteiger partial charge in [0.25, 0.3) is 11.8 Å². The first kappa shape index (κ1) is 26.6. The molecule has 0 radical (unpaired) electrons. The zero-order valence-electron chi connectivity index (χ0n) is 23.5. The van der Waals surface area contributed by atoms with Crippen LogP contribution in [0.15, 0.2) is 30.6 Å². The van der Waals surface area contributed by atoms with Gasteiger partial charge in [0.2, 0.25) is 5.95 Å². The van der Waals surface area contributed by atoms with Crippen LogP contribution in [-0.2, 0) is 0 Å². The molecule has 2 aliphatic heterocycles. The third-order valence-electron chi connectivity index (χ3n) is 8.82. The molecule has 1 aliphatic carbocycles. The second-order valence-electron chi connectivity index (χ2n) is 11.7. The van der Waals surface area contributed by atoms with Crippen LogP contribution in [0.4, 0.5) is 11.8 Å². The summed E-state index contributed by atoms with van der Waals surface area (Å²) < 4.78 is 2.08. The monoisotopic (exact) mass is 546 g/mol. The van der Waals surface area contributed by atoms with E-state index in [1.165, 1.54) is 0 Å². The fraction of sp³-hybridized carbons (Fsp3) is 0.552. The normalized spacial score (nSPS) is 23.2. The predicted molar refractivity (Wildman–Crippen MR) is 152 cm³/mol. The van der Waals surface area contributed by atoms with Gasteiger partial charge < -0.3 is 24.8 Å². The number of hydrogen-bond acceptors (Lipinski definition) is 8. The summed E-state index contributed by atoms with van der Waals surface area (Å²) in [6.45, 7) is 4.38. The van der Waals surface area contributed by atoms with E-state index in [-0.39, 0.29) is 30.5 Å². The summed E-state index contributed by atoms with van der Waals surface area (Å²) in [5, 5.41) is 13.5. The van der Waals surface area contributed by atoms with E-state index in [4.69, 9.17) is 4.98 Å². The molecule has 3 atom stereocenters. The number of nitrogens with one attached hydrogen (secondary N) is 1. The molecule has 11 nitrogen and oxygen atoms in total. The number of anilines is 2. The number of fused-ring (bicyclic) bond motifs is 3. The van der Waals surface area contributed by atoms with Crippen molar-refractivity contribution in [1.29, 1.82) is 0 Å². The number of aliphatic hydroxyl groups is 1. The van der Waals surface area contributed by atoms with Gasteiger partial charge >= 0.3 is 0 Å². The van der Waals surface area contributed by atoms with Crippen LogP contribution in [-0.4, -0.2) is 104 Å². The molecule has 5 heterocycles. The molecular formula is C29H38N8O3. The SMILES string of the molecule is CC1CC2CN(C(=O)c3ccc(Nc4ncc5cc(C(=O)N(C)C)n(C6CCCC6)c5n4)nc3)CC1N2CCO. The number of rotatable bonds is 7. The van der Waals surface area contributed by atoms with Crippen molar-refractivity contribution in [3.05, 3.63) is 41.9 Å². The molecule has 3 aromatic rings. The molecule has 2 N–H and O–H groups in total. The van der Waals surface area contributed by atoms with Crippen molar-refractivity contribution < 1.29 is 14.7 Å². The van der Waals surface area contributed by atoms with Crippen LogP contribution in [0.1, 0.15) is 65.9 Å². The number of carbonyl (C=O) groups excluding carboxylic acids is 2. The Hall–Kier alpha value is -3.57. The number of hydrogen-bond donors (Lipinski definition) is 2. The molecule has 2 saturated heterocycles. The van der Waals surface area contributed by atoms with Gasteiger partial charge in [-0.1, -0.05) is 19.8 Å². The lowest BCUT2D eigenvalue weighted by atomic mass is 10.0. The van der Waals surface area contributed by atoms with Crippen LogP contribution in [0.2, 0.25) is 0 Å². The van der Waals surface area contributed by atoms with Crippen LogP contribution in [0, 0.1) is 5.92 Å². The Morgan fingerprint density at radius 3 is 2.58 bits per heavy atom. The first-order valence-corrected chi connectivity index (χ1v) is 14.3. The zero-order valence-corrected chi connectivity index (χ0v) is 23.5. The number of piperazine rings is 1. The van der Waals surface area contributed by atoms with E-state index < -0.39 is 0 Å². The molecule has 2 bridgehead atoms. The van der Waals surface area contributed by atoms with Gasteiger partial charge in [0.05, 0.1) is 12.2 Å². The van der Waals surface area contributed by atoms with Gasteiger partial charge in [-0.2, -0.15) is 4.98 Å². The molecule has 3 aliphatic rings. The van der Waals surface area contributed by atoms with Crippen LogP contribution >= 0.6 is 0 Å². The second kappa shape index (κ2) is 10.8. The zero-order chi connectivity index (χ0) is 28.0. The van der Waals surface area contributed by atoms with Crippen molar-refractivity contribution in [3.8, 4) is 0 Å². The summed E-state index contributed by atoms with van der Waals surface area (Å²) in [6.07, 6.45) is 8.73. The summed E-state index contributed by atoms with van der Waals surface area (Å²) in [5.74, 6) is 1.38. The highest BCUT2D eigenvalue weighted by molar-refractivity contribution is 5.98. The Labute approximate surface area is 234 Å². The lowest BCUT2D eigenvalue weighted by molar-refractivity contribution is 0.0361. The third-order valence-corrected chi connectivity index (χ3v) is 8.82.